The van der Waals surface area contributed by atoms with Gasteiger partial charge < -0.3 is 13.7 Å². The molecule has 0 aromatic rings. The fraction of sp³-hybridized carbons (Fsp3) is 0. The third-order valence-electron chi connectivity index (χ3n) is 0. The van der Waals surface area contributed by atoms with Crippen molar-refractivity contribution in [2.75, 3.05) is 0 Å². The summed E-state index contributed by atoms with van der Waals surface area (Å²) in [7, 11) is 0. The van der Waals surface area contributed by atoms with Crippen molar-refractivity contribution in [1.82, 2.24) is 0 Å². The Morgan fingerprint density at radius 3 is 0.778 bits per heavy atom. The molecule has 0 aliphatic rings. The monoisotopic (exact) mass is 440 g/mol. The summed E-state index contributed by atoms with van der Waals surface area (Å²) in [6, 6.07) is 0. The van der Waals surface area contributed by atoms with Gasteiger partial charge in [0.2, 0.25) is 0 Å². The summed E-state index contributed by atoms with van der Waals surface area (Å²) in [5.74, 6) is 0. The van der Waals surface area contributed by atoms with Gasteiger partial charge in [-0.25, -0.2) is 0 Å². The Balaban J connectivity index is -0.0000000720. The van der Waals surface area contributed by atoms with Gasteiger partial charge in [-0.05, 0) is 6.87 Å². The molecule has 0 rings (SSSR count). The van der Waals surface area contributed by atoms with E-state index in [0.29, 0.717) is 0 Å². The van der Waals surface area contributed by atoms with E-state index in [1.165, 1.54) is 0 Å². The quantitative estimate of drug-likeness (QED) is 0.285. The van der Waals surface area contributed by atoms with Crippen molar-refractivity contribution in [2.45, 2.75) is 0 Å². The van der Waals surface area contributed by atoms with Crippen LogP contribution in [0.1, 0.15) is 0 Å². The first-order chi connectivity index (χ1) is 3.46. The molecule has 9 heavy (non-hydrogen) atoms. The summed E-state index contributed by atoms with van der Waals surface area (Å²) in [4.78, 5) is 0. The minimum absolute atomic E-state index is 0. The Hall–Kier alpha value is 2.70. The van der Waals surface area contributed by atoms with Crippen LogP contribution in [0.3, 0.4) is 0 Å². The fourth-order valence-electron chi connectivity index (χ4n) is 0. The van der Waals surface area contributed by atoms with E-state index in [-0.39, 0.29) is 45.5 Å². The van der Waals surface area contributed by atoms with Crippen LogP contribution < -0.4 is 55.9 Å². The van der Waals surface area contributed by atoms with Crippen LogP contribution in [0.5, 0.6) is 0 Å². The molecule has 9 heteroatoms. The summed E-state index contributed by atoms with van der Waals surface area (Å²) in [5.41, 5.74) is 0. The molecule has 2 radical (unpaired) electrons. The van der Waals surface area contributed by atoms with Crippen LogP contribution in [-0.2, 0) is 0 Å². The van der Waals surface area contributed by atoms with Gasteiger partial charge >= 0.3 is 42.1 Å². The largest absolute Gasteiger partial charge is 0.503 e. The first kappa shape index (κ1) is 17.7. The Morgan fingerprint density at radius 2 is 0.778 bits per heavy atom. The first-order valence-corrected chi connectivity index (χ1v) is 6.41. The Kier molecular flexibility index (Phi) is 26.2. The molecule has 0 aliphatic carbocycles. The minimum atomic E-state index is -3.76. The maximum atomic E-state index is 8.68. The summed E-state index contributed by atoms with van der Waals surface area (Å²) in [6.07, 6.45) is 0. The summed E-state index contributed by atoms with van der Waals surface area (Å²) >= 11 is -7.53. The molecule has 6 nitrogen and oxygen atoms in total. The predicted molar refractivity (Wildman–Crippen MR) is 10.2 cm³/mol. The van der Waals surface area contributed by atoms with E-state index in [9.17, 15) is 0 Å². The molecule has 0 heterocycles. The maximum absolute atomic E-state index is 8.68. The maximum Gasteiger partial charge on any atom is 0.503 e. The van der Waals surface area contributed by atoms with Crippen molar-refractivity contribution in [1.29, 1.82) is 0 Å². The number of hydrogen-bond acceptors (Lipinski definition) is 6. The molecule has 0 bridgehead atoms. The normalized spacial score (nSPS) is 8.00. The molecule has 0 aromatic heterocycles. The van der Waals surface area contributed by atoms with Crippen LogP contribution in [0.15, 0.2) is 0 Å². The van der Waals surface area contributed by atoms with Gasteiger partial charge in [-0.3, -0.25) is 0 Å². The number of halogens is 2. The van der Waals surface area contributed by atoms with Crippen LogP contribution in [0.4, 0.5) is 0 Å². The molecule has 0 amide bonds. The van der Waals surface area contributed by atoms with Crippen LogP contribution >= 0.6 is 0 Å². The smallest absolute Gasteiger partial charge is 0.396 e. The first-order valence-electron chi connectivity index (χ1n) is 0.955. The van der Waals surface area contributed by atoms with Crippen LogP contribution in [0.25, 0.3) is 0 Å². The molecule has 0 saturated carbocycles. The van der Waals surface area contributed by atoms with E-state index in [2.05, 4.69) is 0 Å². The topological polar surface area (TPSA) is 133 Å². The van der Waals surface area contributed by atoms with E-state index in [1.807, 2.05) is 0 Å². The molecule has 0 atom stereocenters. The third-order valence-corrected chi connectivity index (χ3v) is 0. The van der Waals surface area contributed by atoms with Crippen molar-refractivity contribution in [3.05, 3.63) is 0 Å². The molecule has 2 N–H and O–H groups in total. The molecular formula is H2I2O6Sr. The molecular weight excluding hydrogens is 437 g/mol. The van der Waals surface area contributed by atoms with Crippen LogP contribution in [-0.4, -0.2) is 52.4 Å². The molecule has 0 fully saturated rings. The third kappa shape index (κ3) is 111. The number of rotatable bonds is 0. The Morgan fingerprint density at radius 1 is 0.778 bits per heavy atom. The fourth-order valence-corrected chi connectivity index (χ4v) is 0. The van der Waals surface area contributed by atoms with E-state index < -0.39 is 42.1 Å². The van der Waals surface area contributed by atoms with Crippen molar-refractivity contribution < 1.29 is 62.7 Å². The van der Waals surface area contributed by atoms with Gasteiger partial charge in [0, 0.05) is 45.5 Å². The molecule has 54 valence electrons. The van der Waals surface area contributed by atoms with E-state index >= 15 is 0 Å². The van der Waals surface area contributed by atoms with Crippen molar-refractivity contribution in [2.24, 2.45) is 0 Å². The molecule has 0 spiro atoms. The van der Waals surface area contributed by atoms with Gasteiger partial charge in [0.05, 0.1) is 0 Å². The standard InChI is InChI=1S/2HIO3.Sr/c2*2-1(3)4;/h2*2H;. The predicted octanol–water partition coefficient (Wildman–Crippen LogP) is -12.2. The van der Waals surface area contributed by atoms with E-state index in [0.717, 1.165) is 0 Å². The van der Waals surface area contributed by atoms with Crippen molar-refractivity contribution >= 4 is 45.5 Å². The second-order valence-corrected chi connectivity index (χ2v) is 2.70. The summed E-state index contributed by atoms with van der Waals surface area (Å²) in [6.45, 7) is 0. The van der Waals surface area contributed by atoms with Gasteiger partial charge in [0.25, 0.3) is 0 Å². The zero-order chi connectivity index (χ0) is 7.15. The Labute approximate surface area is 106 Å². The van der Waals surface area contributed by atoms with Gasteiger partial charge in [-0.1, -0.05) is 0 Å². The van der Waals surface area contributed by atoms with Gasteiger partial charge in [0.15, 0.2) is 0 Å². The van der Waals surface area contributed by atoms with Gasteiger partial charge in [-0.15, -0.1) is 0 Å². The molecule has 0 unspecified atom stereocenters. The van der Waals surface area contributed by atoms with E-state index in [4.69, 9.17) is 20.6 Å². The van der Waals surface area contributed by atoms with E-state index in [1.54, 1.807) is 0 Å². The zero-order valence-corrected chi connectivity index (χ0v) is 11.8. The SMILES string of the molecule is [O-][I+2]([O-])O.[O-][I+2]([O-])O.[Sr]. The Bertz CT molecular complexity index is 26.5. The zero-order valence-electron chi connectivity index (χ0n) is 3.99. The van der Waals surface area contributed by atoms with Crippen LogP contribution in [0.2, 0.25) is 0 Å². The van der Waals surface area contributed by atoms with Crippen molar-refractivity contribution in [3.63, 3.8) is 0 Å². The second-order valence-electron chi connectivity index (χ2n) is 0.402. The minimum Gasteiger partial charge on any atom is -0.396 e. The summed E-state index contributed by atoms with van der Waals surface area (Å²) in [5, 5.41) is 0. The number of hydrogen-bond donors (Lipinski definition) is 2. The average molecular weight is 439 g/mol. The second kappa shape index (κ2) is 13.3. The van der Waals surface area contributed by atoms with Gasteiger partial charge in [-0.2, -0.15) is 0 Å². The average Bonchev–Trinajstić information content (AvgIpc) is 1.25. The molecule has 0 saturated heterocycles. The molecule has 0 aromatic carbocycles. The molecule has 0 aliphatic heterocycles. The summed E-state index contributed by atoms with van der Waals surface area (Å²) < 4.78 is 48.9. The van der Waals surface area contributed by atoms with Crippen molar-refractivity contribution in [3.8, 4) is 0 Å². The van der Waals surface area contributed by atoms with Crippen LogP contribution in [0, 0.1) is 0 Å². The van der Waals surface area contributed by atoms with Gasteiger partial charge in [0.1, 0.15) is 0 Å².